The minimum absolute atomic E-state index is 0.0457. The van der Waals surface area contributed by atoms with Gasteiger partial charge in [-0.3, -0.25) is 20.2 Å². The van der Waals surface area contributed by atoms with Gasteiger partial charge in [0.1, 0.15) is 22.7 Å². The maximum Gasteiger partial charge on any atom is 0.322 e. The summed E-state index contributed by atoms with van der Waals surface area (Å²) in [6, 6.07) is 1.50. The van der Waals surface area contributed by atoms with Crippen LogP contribution in [0, 0.1) is 5.82 Å². The Hall–Kier alpha value is -3.43. The van der Waals surface area contributed by atoms with E-state index in [1.807, 2.05) is 0 Å². The van der Waals surface area contributed by atoms with Crippen LogP contribution in [0.5, 0.6) is 0 Å². The number of benzene rings is 1. The smallest absolute Gasteiger partial charge is 0.322 e. The summed E-state index contributed by atoms with van der Waals surface area (Å²) in [5.41, 5.74) is -1.47. The van der Waals surface area contributed by atoms with E-state index in [-0.39, 0.29) is 16.9 Å². The number of nitrogens with one attached hydrogen (secondary N) is 4. The summed E-state index contributed by atoms with van der Waals surface area (Å²) in [6.45, 7) is 1.38. The number of carbonyl (C=O) groups excluding carboxylic acids is 4. The number of rotatable bonds is 2. The molecule has 2 aromatic rings. The minimum atomic E-state index is -1.56. The van der Waals surface area contributed by atoms with E-state index < -0.39 is 41.3 Å². The van der Waals surface area contributed by atoms with Crippen LogP contribution in [0.15, 0.2) is 22.6 Å². The second-order valence-corrected chi connectivity index (χ2v) is 5.95. The lowest BCUT2D eigenvalue weighted by Crippen LogP contribution is -2.41. The van der Waals surface area contributed by atoms with Crippen LogP contribution in [-0.2, 0) is 15.1 Å². The van der Waals surface area contributed by atoms with Gasteiger partial charge in [0.25, 0.3) is 11.8 Å². The summed E-state index contributed by atoms with van der Waals surface area (Å²) >= 11 is 0. The average Bonchev–Trinajstić information content (AvgIpc) is 3.14. The third-order valence-electron chi connectivity index (χ3n) is 4.27. The van der Waals surface area contributed by atoms with Crippen LogP contribution < -0.4 is 21.3 Å². The van der Waals surface area contributed by atoms with Crippen molar-refractivity contribution in [2.75, 3.05) is 0 Å². The maximum absolute atomic E-state index is 14.5. The number of hydrogen-bond donors (Lipinski definition) is 4. The van der Waals surface area contributed by atoms with Crippen molar-refractivity contribution in [2.24, 2.45) is 0 Å². The fourth-order valence-corrected chi connectivity index (χ4v) is 2.96. The summed E-state index contributed by atoms with van der Waals surface area (Å²) in [5.74, 6) is -1.89. The lowest BCUT2D eigenvalue weighted by atomic mass is 9.91. The Labute approximate surface area is 138 Å². The topological polar surface area (TPSA) is 130 Å². The summed E-state index contributed by atoms with van der Waals surface area (Å²) in [6.07, 6.45) is 0. The molecule has 0 spiro atoms. The first-order chi connectivity index (χ1) is 11.8. The molecule has 2 aliphatic rings. The molecule has 10 heteroatoms. The molecule has 2 atom stereocenters. The number of amides is 6. The predicted molar refractivity (Wildman–Crippen MR) is 79.6 cm³/mol. The van der Waals surface area contributed by atoms with Gasteiger partial charge in [-0.2, -0.15) is 0 Å². The molecule has 9 nitrogen and oxygen atoms in total. The number of carbonyl (C=O) groups is 4. The maximum atomic E-state index is 14.5. The molecule has 4 N–H and O–H groups in total. The Bertz CT molecular complexity index is 984. The van der Waals surface area contributed by atoms with Gasteiger partial charge in [-0.15, -0.1) is 0 Å². The van der Waals surface area contributed by atoms with Crippen LogP contribution in [0.4, 0.5) is 14.0 Å². The van der Waals surface area contributed by atoms with Gasteiger partial charge in [-0.05, 0) is 19.1 Å². The van der Waals surface area contributed by atoms with Gasteiger partial charge in [0.15, 0.2) is 6.04 Å². The molecule has 2 fully saturated rings. The molecule has 0 saturated carbocycles. The van der Waals surface area contributed by atoms with Gasteiger partial charge in [0.05, 0.1) is 0 Å². The highest BCUT2D eigenvalue weighted by Gasteiger charge is 2.45. The first-order valence-corrected chi connectivity index (χ1v) is 7.26. The van der Waals surface area contributed by atoms with Crippen LogP contribution in [0.2, 0.25) is 0 Å². The SMILES string of the molecule is C[C@]1(c2cc3cc(C4NC(=O)NC4=O)oc3cc2F)NC(=O)NC1=O. The van der Waals surface area contributed by atoms with E-state index in [9.17, 15) is 23.6 Å². The third-order valence-corrected chi connectivity index (χ3v) is 4.27. The summed E-state index contributed by atoms with van der Waals surface area (Å²) in [5, 5.41) is 9.31. The average molecular weight is 346 g/mol. The molecule has 2 saturated heterocycles. The molecule has 0 radical (unpaired) electrons. The Kier molecular flexibility index (Phi) is 2.89. The van der Waals surface area contributed by atoms with Crippen LogP contribution in [0.25, 0.3) is 11.0 Å². The van der Waals surface area contributed by atoms with Crippen molar-refractivity contribution in [2.45, 2.75) is 18.5 Å². The summed E-state index contributed by atoms with van der Waals surface area (Å²) in [4.78, 5) is 46.3. The Morgan fingerprint density at radius 2 is 1.84 bits per heavy atom. The molecule has 25 heavy (non-hydrogen) atoms. The zero-order valence-corrected chi connectivity index (χ0v) is 12.7. The second-order valence-electron chi connectivity index (χ2n) is 5.95. The quantitative estimate of drug-likeness (QED) is 0.589. The van der Waals surface area contributed by atoms with E-state index in [0.717, 1.165) is 6.07 Å². The zero-order valence-electron chi connectivity index (χ0n) is 12.7. The van der Waals surface area contributed by atoms with Crippen LogP contribution in [0.3, 0.4) is 0 Å². The minimum Gasteiger partial charge on any atom is -0.458 e. The van der Waals surface area contributed by atoms with E-state index in [1.165, 1.54) is 19.1 Å². The molecule has 1 aromatic carbocycles. The van der Waals surface area contributed by atoms with E-state index in [0.29, 0.717) is 5.39 Å². The normalized spacial score (nSPS) is 25.8. The molecule has 4 rings (SSSR count). The molecular weight excluding hydrogens is 335 g/mol. The number of imide groups is 2. The van der Waals surface area contributed by atoms with E-state index >= 15 is 0 Å². The fraction of sp³-hybridized carbons (Fsp3) is 0.200. The number of fused-ring (bicyclic) bond motifs is 1. The Morgan fingerprint density at radius 3 is 2.44 bits per heavy atom. The largest absolute Gasteiger partial charge is 0.458 e. The molecule has 6 amide bonds. The molecule has 0 bridgehead atoms. The van der Waals surface area contributed by atoms with Gasteiger partial charge < -0.3 is 15.1 Å². The van der Waals surface area contributed by atoms with Crippen molar-refractivity contribution in [3.63, 3.8) is 0 Å². The van der Waals surface area contributed by atoms with Crippen molar-refractivity contribution in [3.8, 4) is 0 Å². The number of hydrogen-bond acceptors (Lipinski definition) is 5. The molecule has 1 aromatic heterocycles. The molecule has 3 heterocycles. The fourth-order valence-electron chi connectivity index (χ4n) is 2.96. The molecule has 2 aliphatic heterocycles. The highest BCUT2D eigenvalue weighted by atomic mass is 19.1. The molecule has 128 valence electrons. The van der Waals surface area contributed by atoms with Crippen LogP contribution in [-0.4, -0.2) is 23.9 Å². The lowest BCUT2D eigenvalue weighted by Gasteiger charge is -2.21. The van der Waals surface area contributed by atoms with E-state index in [2.05, 4.69) is 21.3 Å². The first kappa shape index (κ1) is 15.1. The standard InChI is InChI=1S/C15H11FN4O5/c1-15(12(22)19-14(24)20-15)6-2-5-3-9(25-8(5)4-7(6)16)10-11(21)18-13(23)17-10/h2-4,10H,1H3,(H2,17,18,21,23)(H2,19,20,22,24)/t10?,15-/m1/s1. The highest BCUT2D eigenvalue weighted by molar-refractivity contribution is 6.07. The van der Waals surface area contributed by atoms with Crippen molar-refractivity contribution in [1.29, 1.82) is 0 Å². The number of furan rings is 1. The third kappa shape index (κ3) is 2.14. The van der Waals surface area contributed by atoms with Gasteiger partial charge in [0.2, 0.25) is 0 Å². The van der Waals surface area contributed by atoms with Crippen molar-refractivity contribution >= 4 is 34.8 Å². The van der Waals surface area contributed by atoms with E-state index in [4.69, 9.17) is 4.42 Å². The van der Waals surface area contributed by atoms with Gasteiger partial charge in [-0.1, -0.05) is 0 Å². The lowest BCUT2D eigenvalue weighted by molar-refractivity contribution is -0.124. The summed E-state index contributed by atoms with van der Waals surface area (Å²) < 4.78 is 19.9. The van der Waals surface area contributed by atoms with Gasteiger partial charge in [0, 0.05) is 17.0 Å². The monoisotopic (exact) mass is 346 g/mol. The van der Waals surface area contributed by atoms with Gasteiger partial charge in [-0.25, -0.2) is 14.0 Å². The molecular formula is C15H11FN4O5. The number of urea groups is 2. The Balaban J connectivity index is 1.80. The van der Waals surface area contributed by atoms with Gasteiger partial charge >= 0.3 is 12.1 Å². The highest BCUT2D eigenvalue weighted by Crippen LogP contribution is 2.33. The molecule has 1 unspecified atom stereocenters. The molecule has 0 aliphatic carbocycles. The number of halogens is 1. The van der Waals surface area contributed by atoms with Crippen molar-refractivity contribution in [3.05, 3.63) is 35.3 Å². The first-order valence-electron chi connectivity index (χ1n) is 7.26. The summed E-state index contributed by atoms with van der Waals surface area (Å²) in [7, 11) is 0. The predicted octanol–water partition coefficient (Wildman–Crippen LogP) is 0.507. The van der Waals surface area contributed by atoms with Crippen LogP contribution >= 0.6 is 0 Å². The second kappa shape index (κ2) is 4.79. The van der Waals surface area contributed by atoms with E-state index in [1.54, 1.807) is 0 Å². The van der Waals surface area contributed by atoms with Crippen LogP contribution in [0.1, 0.15) is 24.3 Å². The zero-order chi connectivity index (χ0) is 17.9. The Morgan fingerprint density at radius 1 is 1.08 bits per heavy atom. The van der Waals surface area contributed by atoms with Crippen molar-refractivity contribution in [1.82, 2.24) is 21.3 Å². The van der Waals surface area contributed by atoms with Crippen molar-refractivity contribution < 1.29 is 28.0 Å².